The number of allylic oxidation sites excluding steroid dienone is 2. The highest BCUT2D eigenvalue weighted by Gasteiger charge is 2.44. The first-order chi connectivity index (χ1) is 13.3. The van der Waals surface area contributed by atoms with Crippen LogP contribution in [0.2, 0.25) is 0 Å². The third kappa shape index (κ3) is 4.49. The normalized spacial score (nSPS) is 42.9. The predicted molar refractivity (Wildman–Crippen MR) is 117 cm³/mol. The lowest BCUT2D eigenvalue weighted by Crippen LogP contribution is -2.42. The Bertz CT molecular complexity index is 449. The standard InChI is InChI=1S/C26H45N/c1-3-27(4-2)23-16-13-20(14-17-23)15-18-26-24-11-7-5-9-21(24)19-22-10-6-8-12-25(22)26/h15,18,20-26H,3-14,16-17,19H2,1-2H3. The van der Waals surface area contributed by atoms with Gasteiger partial charge in [-0.3, -0.25) is 0 Å². The van der Waals surface area contributed by atoms with Crippen molar-refractivity contribution in [1.82, 2.24) is 4.90 Å². The molecule has 0 saturated heterocycles. The average molecular weight is 372 g/mol. The third-order valence-electron chi connectivity index (χ3n) is 9.21. The summed E-state index contributed by atoms with van der Waals surface area (Å²) in [6, 6.07) is 0.866. The molecule has 4 fully saturated rings. The maximum atomic E-state index is 2.80. The Labute approximate surface area is 169 Å². The number of rotatable bonds is 5. The highest BCUT2D eigenvalue weighted by atomic mass is 15.1. The van der Waals surface area contributed by atoms with Crippen LogP contribution in [-0.2, 0) is 0 Å². The number of nitrogens with zero attached hydrogens (tertiary/aromatic N) is 1. The second kappa shape index (κ2) is 9.47. The van der Waals surface area contributed by atoms with Gasteiger partial charge in [0.25, 0.3) is 0 Å². The first kappa shape index (κ1) is 20.0. The number of hydrogen-bond acceptors (Lipinski definition) is 1. The fourth-order valence-corrected chi connectivity index (χ4v) is 7.75. The summed E-state index contributed by atoms with van der Waals surface area (Å²) in [7, 11) is 0. The monoisotopic (exact) mass is 371 g/mol. The summed E-state index contributed by atoms with van der Waals surface area (Å²) in [5, 5.41) is 0. The van der Waals surface area contributed by atoms with E-state index in [-0.39, 0.29) is 0 Å². The van der Waals surface area contributed by atoms with E-state index in [2.05, 4.69) is 30.9 Å². The van der Waals surface area contributed by atoms with Gasteiger partial charge in [0, 0.05) is 6.04 Å². The lowest BCUT2D eigenvalue weighted by atomic mass is 9.55. The molecule has 4 aliphatic rings. The van der Waals surface area contributed by atoms with Crippen molar-refractivity contribution in [3.8, 4) is 0 Å². The van der Waals surface area contributed by atoms with Gasteiger partial charge in [-0.15, -0.1) is 0 Å². The first-order valence-electron chi connectivity index (χ1n) is 12.7. The second-order valence-electron chi connectivity index (χ2n) is 10.4. The maximum Gasteiger partial charge on any atom is 0.00954 e. The molecule has 0 aromatic heterocycles. The van der Waals surface area contributed by atoms with Crippen molar-refractivity contribution in [3.63, 3.8) is 0 Å². The predicted octanol–water partition coefficient (Wildman–Crippen LogP) is 7.08. The summed E-state index contributed by atoms with van der Waals surface area (Å²) < 4.78 is 0. The van der Waals surface area contributed by atoms with Crippen LogP contribution in [0.15, 0.2) is 12.2 Å². The van der Waals surface area contributed by atoms with Crippen LogP contribution in [0.5, 0.6) is 0 Å². The van der Waals surface area contributed by atoms with Crippen molar-refractivity contribution < 1.29 is 0 Å². The van der Waals surface area contributed by atoms with Crippen LogP contribution in [-0.4, -0.2) is 24.0 Å². The molecule has 0 heterocycles. The van der Waals surface area contributed by atoms with E-state index >= 15 is 0 Å². The van der Waals surface area contributed by atoms with E-state index in [1.165, 1.54) is 77.3 Å². The molecule has 154 valence electrons. The Balaban J connectivity index is 1.39. The molecule has 0 aromatic carbocycles. The molecular formula is C26H45N. The van der Waals surface area contributed by atoms with Gasteiger partial charge in [0.15, 0.2) is 0 Å². The lowest BCUT2D eigenvalue weighted by molar-refractivity contribution is 0.0113. The highest BCUT2D eigenvalue weighted by molar-refractivity contribution is 5.05. The summed E-state index contributed by atoms with van der Waals surface area (Å²) in [4.78, 5) is 2.69. The van der Waals surface area contributed by atoms with Crippen molar-refractivity contribution in [2.75, 3.05) is 13.1 Å². The molecule has 27 heavy (non-hydrogen) atoms. The van der Waals surface area contributed by atoms with Crippen LogP contribution in [0.3, 0.4) is 0 Å². The summed E-state index contributed by atoms with van der Waals surface area (Å²) in [6.07, 6.45) is 25.1. The minimum absolute atomic E-state index is 0.866. The van der Waals surface area contributed by atoms with Gasteiger partial charge in [-0.25, -0.2) is 0 Å². The fourth-order valence-electron chi connectivity index (χ4n) is 7.75. The van der Waals surface area contributed by atoms with Crippen molar-refractivity contribution in [2.24, 2.45) is 35.5 Å². The van der Waals surface area contributed by atoms with Gasteiger partial charge in [0.05, 0.1) is 0 Å². The van der Waals surface area contributed by atoms with E-state index in [1.807, 2.05) is 0 Å². The molecule has 4 atom stereocenters. The molecule has 0 bridgehead atoms. The molecule has 1 heteroatoms. The molecule has 0 radical (unpaired) electrons. The van der Waals surface area contributed by atoms with E-state index in [1.54, 1.807) is 19.3 Å². The molecule has 1 nitrogen and oxygen atoms in total. The van der Waals surface area contributed by atoms with Gasteiger partial charge in [0.1, 0.15) is 0 Å². The summed E-state index contributed by atoms with van der Waals surface area (Å²) in [5.74, 6) is 6.05. The molecule has 0 spiro atoms. The Kier molecular flexibility index (Phi) is 7.01. The highest BCUT2D eigenvalue weighted by Crippen LogP contribution is 2.53. The molecule has 0 aliphatic heterocycles. The summed E-state index contributed by atoms with van der Waals surface area (Å²) in [5.41, 5.74) is 0. The van der Waals surface area contributed by atoms with Gasteiger partial charge in [-0.2, -0.15) is 0 Å². The van der Waals surface area contributed by atoms with Crippen molar-refractivity contribution >= 4 is 0 Å². The minimum atomic E-state index is 0.866. The smallest absolute Gasteiger partial charge is 0.00954 e. The Morgan fingerprint density at radius 2 is 1.22 bits per heavy atom. The molecule has 0 amide bonds. The van der Waals surface area contributed by atoms with E-state index in [4.69, 9.17) is 0 Å². The molecule has 0 N–H and O–H groups in total. The van der Waals surface area contributed by atoms with E-state index in [0.717, 1.165) is 41.5 Å². The summed E-state index contributed by atoms with van der Waals surface area (Å²) in [6.45, 7) is 7.13. The van der Waals surface area contributed by atoms with Crippen LogP contribution >= 0.6 is 0 Å². The zero-order valence-corrected chi connectivity index (χ0v) is 18.2. The quantitative estimate of drug-likeness (QED) is 0.467. The molecule has 4 saturated carbocycles. The first-order valence-corrected chi connectivity index (χ1v) is 12.7. The van der Waals surface area contributed by atoms with Crippen LogP contribution in [0.25, 0.3) is 0 Å². The topological polar surface area (TPSA) is 3.24 Å². The SMILES string of the molecule is CCN(CC)C1CCC(C=CC2C3CCCCC3CC3CCCCC32)CC1. The Morgan fingerprint density at radius 1 is 0.667 bits per heavy atom. The average Bonchev–Trinajstić information content (AvgIpc) is 2.73. The molecule has 4 aliphatic carbocycles. The van der Waals surface area contributed by atoms with Gasteiger partial charge >= 0.3 is 0 Å². The zero-order chi connectivity index (χ0) is 18.6. The van der Waals surface area contributed by atoms with E-state index < -0.39 is 0 Å². The molecule has 4 rings (SSSR count). The van der Waals surface area contributed by atoms with Crippen molar-refractivity contribution in [1.29, 1.82) is 0 Å². The van der Waals surface area contributed by atoms with Crippen molar-refractivity contribution in [3.05, 3.63) is 12.2 Å². The van der Waals surface area contributed by atoms with Gasteiger partial charge in [-0.1, -0.05) is 64.5 Å². The van der Waals surface area contributed by atoms with Gasteiger partial charge < -0.3 is 4.90 Å². The summed E-state index contributed by atoms with van der Waals surface area (Å²) >= 11 is 0. The van der Waals surface area contributed by atoms with Gasteiger partial charge in [0.2, 0.25) is 0 Å². The zero-order valence-electron chi connectivity index (χ0n) is 18.2. The maximum absolute atomic E-state index is 2.80. The van der Waals surface area contributed by atoms with E-state index in [0.29, 0.717) is 0 Å². The second-order valence-corrected chi connectivity index (χ2v) is 10.4. The molecule has 4 unspecified atom stereocenters. The van der Waals surface area contributed by atoms with Crippen LogP contribution in [0.1, 0.15) is 97.3 Å². The van der Waals surface area contributed by atoms with Crippen molar-refractivity contribution in [2.45, 2.75) is 103 Å². The van der Waals surface area contributed by atoms with E-state index in [9.17, 15) is 0 Å². The van der Waals surface area contributed by atoms with Crippen LogP contribution in [0, 0.1) is 35.5 Å². The largest absolute Gasteiger partial charge is 0.301 e. The Morgan fingerprint density at radius 3 is 1.78 bits per heavy atom. The van der Waals surface area contributed by atoms with Crippen LogP contribution < -0.4 is 0 Å². The lowest BCUT2D eigenvalue weighted by Gasteiger charge is -2.50. The van der Waals surface area contributed by atoms with Crippen LogP contribution in [0.4, 0.5) is 0 Å². The Hall–Kier alpha value is -0.300. The minimum Gasteiger partial charge on any atom is -0.301 e. The molecular weight excluding hydrogens is 326 g/mol. The number of hydrogen-bond donors (Lipinski definition) is 0. The fraction of sp³-hybridized carbons (Fsp3) is 0.923. The number of fused-ring (bicyclic) bond motifs is 2. The third-order valence-corrected chi connectivity index (χ3v) is 9.21. The van der Waals surface area contributed by atoms with Gasteiger partial charge in [-0.05, 0) is 93.5 Å². The molecule has 0 aromatic rings.